The van der Waals surface area contributed by atoms with Gasteiger partial charge < -0.3 is 15.2 Å². The van der Waals surface area contributed by atoms with E-state index in [1.165, 1.54) is 32.1 Å². The molecule has 20 heavy (non-hydrogen) atoms. The van der Waals surface area contributed by atoms with Crippen molar-refractivity contribution in [2.75, 3.05) is 12.3 Å². The van der Waals surface area contributed by atoms with Gasteiger partial charge in [-0.05, 0) is 25.0 Å². The molecule has 0 bridgehead atoms. The third kappa shape index (κ3) is 3.04. The number of ether oxygens (including phenoxy) is 2. The molecule has 0 amide bonds. The van der Waals surface area contributed by atoms with Crippen molar-refractivity contribution in [3.05, 3.63) is 23.2 Å². The summed E-state index contributed by atoms with van der Waals surface area (Å²) >= 11 is 6.04. The van der Waals surface area contributed by atoms with E-state index in [9.17, 15) is 0 Å². The smallest absolute Gasteiger partial charge is 0.121 e. The highest BCUT2D eigenvalue weighted by molar-refractivity contribution is 6.33. The SMILES string of the molecule is Nc1ccc(OC2CCOC3(CCCCC3)C2)cc1Cl. The van der Waals surface area contributed by atoms with Crippen molar-refractivity contribution >= 4 is 17.3 Å². The lowest BCUT2D eigenvalue weighted by Gasteiger charge is -2.43. The lowest BCUT2D eigenvalue weighted by molar-refractivity contribution is -0.129. The average molecular weight is 296 g/mol. The van der Waals surface area contributed by atoms with Crippen molar-refractivity contribution in [1.29, 1.82) is 0 Å². The molecule has 110 valence electrons. The van der Waals surface area contributed by atoms with E-state index >= 15 is 0 Å². The molecule has 0 aromatic heterocycles. The fourth-order valence-corrected chi connectivity index (χ4v) is 3.57. The first-order valence-corrected chi connectivity index (χ1v) is 7.90. The van der Waals surface area contributed by atoms with Crippen LogP contribution in [0.1, 0.15) is 44.9 Å². The van der Waals surface area contributed by atoms with Crippen LogP contribution in [0.15, 0.2) is 18.2 Å². The fraction of sp³-hybridized carbons (Fsp3) is 0.625. The minimum absolute atomic E-state index is 0.0682. The topological polar surface area (TPSA) is 44.5 Å². The second-order valence-corrected chi connectivity index (χ2v) is 6.42. The van der Waals surface area contributed by atoms with Crippen LogP contribution in [0.25, 0.3) is 0 Å². The summed E-state index contributed by atoms with van der Waals surface area (Å²) in [4.78, 5) is 0. The van der Waals surface area contributed by atoms with Crippen molar-refractivity contribution in [2.24, 2.45) is 0 Å². The van der Waals surface area contributed by atoms with Crippen LogP contribution >= 0.6 is 11.6 Å². The molecule has 1 spiro atoms. The molecule has 1 aromatic carbocycles. The zero-order valence-corrected chi connectivity index (χ0v) is 12.5. The molecule has 2 N–H and O–H groups in total. The van der Waals surface area contributed by atoms with E-state index in [2.05, 4.69) is 0 Å². The van der Waals surface area contributed by atoms with Gasteiger partial charge in [-0.3, -0.25) is 0 Å². The van der Waals surface area contributed by atoms with Crippen LogP contribution in [0.4, 0.5) is 5.69 Å². The summed E-state index contributed by atoms with van der Waals surface area (Å²) in [7, 11) is 0. The molecule has 1 aliphatic heterocycles. The van der Waals surface area contributed by atoms with E-state index in [1.54, 1.807) is 12.1 Å². The van der Waals surface area contributed by atoms with E-state index < -0.39 is 0 Å². The van der Waals surface area contributed by atoms with Gasteiger partial charge in [0.05, 0.1) is 22.9 Å². The van der Waals surface area contributed by atoms with Crippen LogP contribution in [0, 0.1) is 0 Å². The lowest BCUT2D eigenvalue weighted by Crippen LogP contribution is -2.45. The van der Waals surface area contributed by atoms with Crippen LogP contribution in [0.5, 0.6) is 5.75 Å². The highest BCUT2D eigenvalue weighted by Crippen LogP contribution is 2.39. The number of nitrogens with two attached hydrogens (primary N) is 1. The molecular formula is C16H22ClNO2. The summed E-state index contributed by atoms with van der Waals surface area (Å²) in [5, 5.41) is 0.557. The Morgan fingerprint density at radius 3 is 2.80 bits per heavy atom. The molecule has 0 radical (unpaired) electrons. The Bertz CT molecular complexity index is 466. The molecular weight excluding hydrogens is 274 g/mol. The molecule has 1 aromatic rings. The van der Waals surface area contributed by atoms with Crippen LogP contribution in [0.2, 0.25) is 5.02 Å². The van der Waals surface area contributed by atoms with Crippen molar-refractivity contribution < 1.29 is 9.47 Å². The number of rotatable bonds is 2. The van der Waals surface area contributed by atoms with E-state index in [1.807, 2.05) is 6.07 Å². The molecule has 1 saturated heterocycles. The Morgan fingerprint density at radius 1 is 1.25 bits per heavy atom. The van der Waals surface area contributed by atoms with Gasteiger partial charge in [-0.2, -0.15) is 0 Å². The zero-order chi connectivity index (χ0) is 14.0. The van der Waals surface area contributed by atoms with Gasteiger partial charge in [-0.1, -0.05) is 30.9 Å². The second kappa shape index (κ2) is 5.82. The monoisotopic (exact) mass is 295 g/mol. The maximum Gasteiger partial charge on any atom is 0.121 e. The molecule has 1 heterocycles. The Morgan fingerprint density at radius 2 is 2.05 bits per heavy atom. The molecule has 4 heteroatoms. The van der Waals surface area contributed by atoms with Gasteiger partial charge in [0.2, 0.25) is 0 Å². The van der Waals surface area contributed by atoms with Gasteiger partial charge in [-0.15, -0.1) is 0 Å². The van der Waals surface area contributed by atoms with Gasteiger partial charge in [-0.25, -0.2) is 0 Å². The first-order valence-electron chi connectivity index (χ1n) is 7.53. The van der Waals surface area contributed by atoms with Crippen LogP contribution in [-0.4, -0.2) is 18.3 Å². The summed E-state index contributed by atoms with van der Waals surface area (Å²) in [5.41, 5.74) is 6.39. The standard InChI is InChI=1S/C16H22ClNO2/c17-14-10-12(4-5-15(14)18)20-13-6-9-19-16(11-13)7-2-1-3-8-16/h4-5,10,13H,1-3,6-9,11,18H2. The Kier molecular flexibility index (Phi) is 4.08. The van der Waals surface area contributed by atoms with Gasteiger partial charge >= 0.3 is 0 Å². The predicted octanol–water partition coefficient (Wildman–Crippen LogP) is 4.18. The molecule has 1 atom stereocenters. The maximum atomic E-state index is 6.10. The number of hydrogen-bond acceptors (Lipinski definition) is 3. The lowest BCUT2D eigenvalue weighted by atomic mass is 9.79. The molecule has 2 aliphatic rings. The van der Waals surface area contributed by atoms with Gasteiger partial charge in [0.15, 0.2) is 0 Å². The second-order valence-electron chi connectivity index (χ2n) is 6.01. The van der Waals surface area contributed by atoms with E-state index in [0.717, 1.165) is 25.2 Å². The summed E-state index contributed by atoms with van der Waals surface area (Å²) in [5.74, 6) is 0.807. The van der Waals surface area contributed by atoms with Crippen molar-refractivity contribution in [3.63, 3.8) is 0 Å². The Labute approximate surface area is 125 Å². The van der Waals surface area contributed by atoms with E-state index in [0.29, 0.717) is 10.7 Å². The summed E-state index contributed by atoms with van der Waals surface area (Å²) in [6, 6.07) is 5.50. The van der Waals surface area contributed by atoms with Gasteiger partial charge in [0.25, 0.3) is 0 Å². The molecule has 1 unspecified atom stereocenters. The molecule has 2 fully saturated rings. The van der Waals surface area contributed by atoms with Crippen LogP contribution in [-0.2, 0) is 4.74 Å². The molecule has 1 saturated carbocycles. The van der Waals surface area contributed by atoms with Crippen LogP contribution < -0.4 is 10.5 Å². The van der Waals surface area contributed by atoms with Crippen molar-refractivity contribution in [1.82, 2.24) is 0 Å². The zero-order valence-electron chi connectivity index (χ0n) is 11.7. The normalized spacial score (nSPS) is 25.6. The molecule has 3 nitrogen and oxygen atoms in total. The summed E-state index contributed by atoms with van der Waals surface area (Å²) < 4.78 is 12.2. The van der Waals surface area contributed by atoms with Gasteiger partial charge in [0.1, 0.15) is 11.9 Å². The Balaban J connectivity index is 1.66. The van der Waals surface area contributed by atoms with Crippen molar-refractivity contribution in [3.8, 4) is 5.75 Å². The van der Waals surface area contributed by atoms with Crippen molar-refractivity contribution in [2.45, 2.75) is 56.7 Å². The summed E-state index contributed by atoms with van der Waals surface area (Å²) in [6.07, 6.45) is 8.41. The first kappa shape index (κ1) is 14.0. The van der Waals surface area contributed by atoms with E-state index in [4.69, 9.17) is 26.8 Å². The number of anilines is 1. The maximum absolute atomic E-state index is 6.10. The minimum Gasteiger partial charge on any atom is -0.490 e. The number of hydrogen-bond donors (Lipinski definition) is 1. The minimum atomic E-state index is 0.0682. The number of benzene rings is 1. The predicted molar refractivity (Wildman–Crippen MR) is 81.3 cm³/mol. The fourth-order valence-electron chi connectivity index (χ4n) is 3.40. The Hall–Kier alpha value is -0.930. The third-order valence-corrected chi connectivity index (χ3v) is 4.81. The van der Waals surface area contributed by atoms with Gasteiger partial charge in [0, 0.05) is 18.9 Å². The number of nitrogen functional groups attached to an aromatic ring is 1. The highest BCUT2D eigenvalue weighted by Gasteiger charge is 2.39. The largest absolute Gasteiger partial charge is 0.490 e. The summed E-state index contributed by atoms with van der Waals surface area (Å²) in [6.45, 7) is 0.799. The first-order chi connectivity index (χ1) is 9.67. The van der Waals surface area contributed by atoms with Crippen LogP contribution in [0.3, 0.4) is 0 Å². The number of halogens is 1. The molecule has 1 aliphatic carbocycles. The average Bonchev–Trinajstić information content (AvgIpc) is 2.44. The quantitative estimate of drug-likeness (QED) is 0.832. The highest BCUT2D eigenvalue weighted by atomic mass is 35.5. The third-order valence-electron chi connectivity index (χ3n) is 4.49. The molecule has 3 rings (SSSR count). The van der Waals surface area contributed by atoms with E-state index in [-0.39, 0.29) is 11.7 Å².